The summed E-state index contributed by atoms with van der Waals surface area (Å²) in [6.45, 7) is 2.16. The summed E-state index contributed by atoms with van der Waals surface area (Å²) in [7, 11) is 0. The van der Waals surface area contributed by atoms with E-state index in [4.69, 9.17) is 0 Å². The van der Waals surface area contributed by atoms with Crippen LogP contribution in [0.2, 0.25) is 0 Å². The van der Waals surface area contributed by atoms with Crippen molar-refractivity contribution in [2.75, 3.05) is 0 Å². The third kappa shape index (κ3) is 2.10. The second kappa shape index (κ2) is 5.00. The summed E-state index contributed by atoms with van der Waals surface area (Å²) in [6.07, 6.45) is 4.16. The summed E-state index contributed by atoms with van der Waals surface area (Å²) in [6, 6.07) is 15.3. The first-order chi connectivity index (χ1) is 9.31. The molecule has 0 unspecified atom stereocenters. The smallest absolute Gasteiger partial charge is 0.130 e. The first kappa shape index (κ1) is 12.2. The van der Waals surface area contributed by atoms with E-state index >= 15 is 0 Å². The highest BCUT2D eigenvalue weighted by molar-refractivity contribution is 5.98. The van der Waals surface area contributed by atoms with Gasteiger partial charge >= 0.3 is 0 Å². The van der Waals surface area contributed by atoms with Crippen molar-refractivity contribution in [1.82, 2.24) is 0 Å². The standard InChI is InChI=1S/C18H16F/c1-2-7-15-14-9-4-3-8-13(14)12-17(15)16-10-5-6-11-18(16)19/h3-6,8-12H,2,7H2,1H3. The van der Waals surface area contributed by atoms with Gasteiger partial charge < -0.3 is 0 Å². The molecule has 0 N–H and O–H groups in total. The van der Waals surface area contributed by atoms with E-state index in [0.717, 1.165) is 18.4 Å². The molecule has 0 nitrogen and oxygen atoms in total. The maximum atomic E-state index is 14.0. The minimum absolute atomic E-state index is 0.143. The highest BCUT2D eigenvalue weighted by Gasteiger charge is 2.27. The van der Waals surface area contributed by atoms with Crippen molar-refractivity contribution in [2.24, 2.45) is 0 Å². The van der Waals surface area contributed by atoms with Crippen LogP contribution in [0.25, 0.3) is 11.6 Å². The molecule has 1 aliphatic carbocycles. The van der Waals surface area contributed by atoms with Gasteiger partial charge in [-0.15, -0.1) is 0 Å². The normalized spacial score (nSPS) is 14.3. The molecule has 0 aliphatic heterocycles. The van der Waals surface area contributed by atoms with Crippen molar-refractivity contribution < 1.29 is 4.39 Å². The van der Waals surface area contributed by atoms with Crippen LogP contribution in [0, 0.1) is 11.7 Å². The molecule has 3 rings (SSSR count). The molecule has 1 aliphatic rings. The first-order valence-electron chi connectivity index (χ1n) is 6.73. The van der Waals surface area contributed by atoms with Gasteiger partial charge in [0.1, 0.15) is 5.82 Å². The van der Waals surface area contributed by atoms with E-state index in [1.54, 1.807) is 6.07 Å². The number of fused-ring (bicyclic) bond motifs is 1. The van der Waals surface area contributed by atoms with Gasteiger partial charge in [0.05, 0.1) is 0 Å². The third-order valence-corrected chi connectivity index (χ3v) is 3.57. The zero-order valence-electron chi connectivity index (χ0n) is 11.0. The molecule has 0 saturated heterocycles. The first-order valence-corrected chi connectivity index (χ1v) is 6.73. The van der Waals surface area contributed by atoms with E-state index in [-0.39, 0.29) is 5.82 Å². The topological polar surface area (TPSA) is 0 Å². The van der Waals surface area contributed by atoms with Crippen LogP contribution in [0.4, 0.5) is 4.39 Å². The fourth-order valence-electron chi connectivity index (χ4n) is 2.72. The van der Waals surface area contributed by atoms with Crippen molar-refractivity contribution in [3.8, 4) is 0 Å². The molecule has 0 aromatic heterocycles. The molecule has 1 heteroatoms. The average molecular weight is 251 g/mol. The van der Waals surface area contributed by atoms with Crippen molar-refractivity contribution in [1.29, 1.82) is 0 Å². The molecule has 2 aromatic rings. The molecule has 0 saturated carbocycles. The molecule has 0 amide bonds. The van der Waals surface area contributed by atoms with Gasteiger partial charge in [-0.3, -0.25) is 0 Å². The molecule has 19 heavy (non-hydrogen) atoms. The van der Waals surface area contributed by atoms with Gasteiger partial charge in [-0.25, -0.2) is 4.39 Å². The van der Waals surface area contributed by atoms with Crippen molar-refractivity contribution in [2.45, 2.75) is 19.8 Å². The Balaban J connectivity index is 2.10. The summed E-state index contributed by atoms with van der Waals surface area (Å²) < 4.78 is 14.0. The number of hydrogen-bond donors (Lipinski definition) is 0. The average Bonchev–Trinajstić information content (AvgIpc) is 2.79. The molecule has 95 valence electrons. The van der Waals surface area contributed by atoms with Gasteiger partial charge in [0, 0.05) is 11.5 Å². The molecule has 0 bridgehead atoms. The SMILES string of the molecule is CCC[C]1C(c2ccccc2F)=Cc2ccccc21. The molecule has 0 atom stereocenters. The van der Waals surface area contributed by atoms with E-state index in [0.29, 0.717) is 5.56 Å². The van der Waals surface area contributed by atoms with Gasteiger partial charge in [-0.1, -0.05) is 55.8 Å². The largest absolute Gasteiger partial charge is 0.206 e. The fourth-order valence-corrected chi connectivity index (χ4v) is 2.72. The Bertz CT molecular complexity index is 625. The molecule has 0 heterocycles. The Labute approximate surface area is 113 Å². The van der Waals surface area contributed by atoms with E-state index < -0.39 is 0 Å². The molecule has 2 aromatic carbocycles. The summed E-state index contributed by atoms with van der Waals surface area (Å²) in [4.78, 5) is 0. The van der Waals surface area contributed by atoms with Crippen molar-refractivity contribution in [3.05, 3.63) is 77.0 Å². The lowest BCUT2D eigenvalue weighted by Gasteiger charge is -2.16. The van der Waals surface area contributed by atoms with Crippen LogP contribution in [0.15, 0.2) is 48.5 Å². The second-order valence-corrected chi connectivity index (χ2v) is 4.85. The lowest BCUT2D eigenvalue weighted by Crippen LogP contribution is -2.01. The van der Waals surface area contributed by atoms with Gasteiger partial charge in [-0.2, -0.15) is 0 Å². The quantitative estimate of drug-likeness (QED) is 0.711. The Morgan fingerprint density at radius 3 is 2.32 bits per heavy atom. The number of allylic oxidation sites excluding steroid dienone is 1. The second-order valence-electron chi connectivity index (χ2n) is 4.85. The zero-order chi connectivity index (χ0) is 13.2. The Morgan fingerprint density at radius 2 is 1.58 bits per heavy atom. The highest BCUT2D eigenvalue weighted by Crippen LogP contribution is 2.44. The number of benzene rings is 2. The van der Waals surface area contributed by atoms with Crippen molar-refractivity contribution >= 4 is 11.6 Å². The predicted molar refractivity (Wildman–Crippen MR) is 78.0 cm³/mol. The van der Waals surface area contributed by atoms with Crippen LogP contribution in [0.1, 0.15) is 36.5 Å². The summed E-state index contributed by atoms with van der Waals surface area (Å²) in [5.74, 6) is 1.12. The minimum atomic E-state index is -0.143. The van der Waals surface area contributed by atoms with Gasteiger partial charge in [0.2, 0.25) is 0 Å². The fraction of sp³-hybridized carbons (Fsp3) is 0.167. The van der Waals surface area contributed by atoms with Crippen LogP contribution in [0.3, 0.4) is 0 Å². The third-order valence-electron chi connectivity index (χ3n) is 3.57. The van der Waals surface area contributed by atoms with E-state index in [2.05, 4.69) is 25.1 Å². The Morgan fingerprint density at radius 1 is 0.895 bits per heavy atom. The predicted octanol–water partition coefficient (Wildman–Crippen LogP) is 5.10. The van der Waals surface area contributed by atoms with Crippen LogP contribution in [0.5, 0.6) is 0 Å². The molecule has 1 radical (unpaired) electrons. The van der Waals surface area contributed by atoms with Gasteiger partial charge in [0.25, 0.3) is 0 Å². The summed E-state index contributed by atoms with van der Waals surface area (Å²) in [5.41, 5.74) is 4.20. The Kier molecular flexibility index (Phi) is 3.20. The Hall–Kier alpha value is -1.89. The molecule has 0 fully saturated rings. The summed E-state index contributed by atoms with van der Waals surface area (Å²) >= 11 is 0. The monoisotopic (exact) mass is 251 g/mol. The number of rotatable bonds is 3. The maximum absolute atomic E-state index is 14.0. The summed E-state index contributed by atoms with van der Waals surface area (Å²) in [5, 5.41) is 0. The lowest BCUT2D eigenvalue weighted by molar-refractivity contribution is 0.623. The maximum Gasteiger partial charge on any atom is 0.130 e. The molecular formula is C18H16F. The van der Waals surface area contributed by atoms with E-state index in [9.17, 15) is 4.39 Å². The van der Waals surface area contributed by atoms with Gasteiger partial charge in [-0.05, 0) is 35.3 Å². The van der Waals surface area contributed by atoms with E-state index in [1.807, 2.05) is 24.3 Å². The highest BCUT2D eigenvalue weighted by atomic mass is 19.1. The lowest BCUT2D eigenvalue weighted by atomic mass is 9.88. The molecular weight excluding hydrogens is 235 g/mol. The van der Waals surface area contributed by atoms with Gasteiger partial charge in [0.15, 0.2) is 0 Å². The zero-order valence-corrected chi connectivity index (χ0v) is 11.0. The van der Waals surface area contributed by atoms with Crippen molar-refractivity contribution in [3.63, 3.8) is 0 Å². The molecule has 0 spiro atoms. The van der Waals surface area contributed by atoms with E-state index in [1.165, 1.54) is 23.1 Å². The number of halogens is 1. The van der Waals surface area contributed by atoms with Crippen LogP contribution >= 0.6 is 0 Å². The minimum Gasteiger partial charge on any atom is -0.206 e. The van der Waals surface area contributed by atoms with Crippen LogP contribution in [-0.4, -0.2) is 0 Å². The number of hydrogen-bond acceptors (Lipinski definition) is 0. The van der Waals surface area contributed by atoms with Crippen LogP contribution in [-0.2, 0) is 0 Å². The van der Waals surface area contributed by atoms with Crippen LogP contribution < -0.4 is 0 Å².